The van der Waals surface area contributed by atoms with E-state index in [4.69, 9.17) is 11.6 Å². The molecule has 1 aliphatic heterocycles. The summed E-state index contributed by atoms with van der Waals surface area (Å²) in [6.07, 6.45) is 4.79. The van der Waals surface area contributed by atoms with E-state index < -0.39 is 60.4 Å². The van der Waals surface area contributed by atoms with Crippen LogP contribution >= 0.6 is 11.6 Å². The molecule has 3 amide bonds. The van der Waals surface area contributed by atoms with Crippen LogP contribution in [0.2, 0.25) is 5.02 Å². The van der Waals surface area contributed by atoms with E-state index in [0.29, 0.717) is 11.1 Å². The standard InChI is InChI=1S/C35H30ClF3N6O3/c1-21(6-5-12-41-2)23-15-24(37)17-26(16-23)44(34(48)29-9-10-31(46)45(29)30-14-22(20-40)11-13-42-30)32(27-7-3-4-8-28(27)36)33(47)43-25-18-35(38,39)19-25/h3-8,11-17,25,29,32H,2,9-10,18-19H2,1H3,(H,43,47)/b12-5-,21-6+/t29-,32-/m0/s1. The van der Waals surface area contributed by atoms with E-state index in [-0.39, 0.29) is 40.5 Å². The van der Waals surface area contributed by atoms with Gasteiger partial charge in [0, 0.05) is 54.0 Å². The van der Waals surface area contributed by atoms with Crippen molar-refractivity contribution in [2.24, 2.45) is 4.99 Å². The SMILES string of the molecule is C=N/C=C\C=C(/C)c1cc(F)cc(N(C(=O)[C@@H]2CCC(=O)N2c2cc(C#N)ccn2)[C@H](C(=O)NC2CC(F)(F)C2)c2ccccc2Cl)c1. The normalized spacial score (nSPS) is 18.2. The molecule has 1 saturated carbocycles. The number of hydrogen-bond acceptors (Lipinski definition) is 6. The third-order valence-corrected chi connectivity index (χ3v) is 8.50. The molecule has 1 saturated heterocycles. The molecule has 1 aromatic heterocycles. The Balaban J connectivity index is 1.68. The van der Waals surface area contributed by atoms with E-state index in [1.54, 1.807) is 31.2 Å². The molecule has 2 atom stereocenters. The number of anilines is 2. The maximum absolute atomic E-state index is 15.4. The number of amides is 3. The van der Waals surface area contributed by atoms with Gasteiger partial charge in [-0.2, -0.15) is 5.26 Å². The quantitative estimate of drug-likeness (QED) is 0.193. The van der Waals surface area contributed by atoms with E-state index in [1.165, 1.54) is 48.8 Å². The van der Waals surface area contributed by atoms with Crippen LogP contribution < -0.4 is 15.1 Å². The fraction of sp³-hybridized carbons (Fsp3) is 0.257. The summed E-state index contributed by atoms with van der Waals surface area (Å²) >= 11 is 6.61. The van der Waals surface area contributed by atoms with Crippen molar-refractivity contribution in [2.45, 2.75) is 56.7 Å². The van der Waals surface area contributed by atoms with Crippen molar-refractivity contribution in [1.82, 2.24) is 10.3 Å². The van der Waals surface area contributed by atoms with Gasteiger partial charge in [0.2, 0.25) is 11.8 Å². The van der Waals surface area contributed by atoms with Crippen molar-refractivity contribution < 1.29 is 27.6 Å². The number of pyridine rings is 1. The number of nitrogens with one attached hydrogen (secondary N) is 1. The molecule has 9 nitrogen and oxygen atoms in total. The number of alkyl halides is 2. The Bertz CT molecular complexity index is 1870. The maximum atomic E-state index is 15.4. The highest BCUT2D eigenvalue weighted by atomic mass is 35.5. The molecular formula is C35H30ClF3N6O3. The molecule has 1 aliphatic carbocycles. The number of hydrogen-bond donors (Lipinski definition) is 1. The average Bonchev–Trinajstić information content (AvgIpc) is 3.43. The Morgan fingerprint density at radius 2 is 1.98 bits per heavy atom. The zero-order valence-corrected chi connectivity index (χ0v) is 26.5. The summed E-state index contributed by atoms with van der Waals surface area (Å²) in [5.74, 6) is -5.69. The zero-order valence-electron chi connectivity index (χ0n) is 25.7. The Morgan fingerprint density at radius 1 is 1.23 bits per heavy atom. The number of carbonyl (C=O) groups excluding carboxylic acids is 3. The second kappa shape index (κ2) is 14.2. The van der Waals surface area contributed by atoms with Crippen LogP contribution in [-0.4, -0.2) is 47.4 Å². The topological polar surface area (TPSA) is 119 Å². The Labute approximate surface area is 280 Å². The van der Waals surface area contributed by atoms with Crippen LogP contribution in [0.5, 0.6) is 0 Å². The monoisotopic (exact) mass is 674 g/mol. The van der Waals surface area contributed by atoms with Gasteiger partial charge in [-0.1, -0.05) is 35.9 Å². The smallest absolute Gasteiger partial charge is 0.252 e. The first kappa shape index (κ1) is 34.1. The van der Waals surface area contributed by atoms with Gasteiger partial charge in [-0.15, -0.1) is 0 Å². The van der Waals surface area contributed by atoms with Crippen LogP contribution in [0, 0.1) is 17.1 Å². The number of aromatic nitrogens is 1. The number of benzene rings is 2. The number of carbonyl (C=O) groups is 3. The van der Waals surface area contributed by atoms with Gasteiger partial charge in [-0.3, -0.25) is 29.2 Å². The highest BCUT2D eigenvalue weighted by molar-refractivity contribution is 6.31. The molecule has 0 spiro atoms. The van der Waals surface area contributed by atoms with E-state index in [1.807, 2.05) is 6.07 Å². The van der Waals surface area contributed by atoms with Crippen molar-refractivity contribution in [3.8, 4) is 6.07 Å². The molecule has 2 aliphatic rings. The number of nitrogens with zero attached hydrogens (tertiary/aromatic N) is 5. The molecule has 2 aromatic carbocycles. The number of aliphatic imine (C=N–C) groups is 1. The van der Waals surface area contributed by atoms with Crippen LogP contribution in [0.15, 0.2) is 84.1 Å². The predicted octanol–water partition coefficient (Wildman–Crippen LogP) is 6.55. The zero-order chi connectivity index (χ0) is 34.6. The summed E-state index contributed by atoms with van der Waals surface area (Å²) in [6.45, 7) is 5.09. The van der Waals surface area contributed by atoms with Crippen LogP contribution in [0.25, 0.3) is 5.57 Å². The summed E-state index contributed by atoms with van der Waals surface area (Å²) in [6, 6.07) is 11.2. The molecule has 2 heterocycles. The molecular weight excluding hydrogens is 645 g/mol. The summed E-state index contributed by atoms with van der Waals surface area (Å²) in [4.78, 5) is 52.3. The molecule has 48 heavy (non-hydrogen) atoms. The van der Waals surface area contributed by atoms with E-state index in [2.05, 4.69) is 22.0 Å². The molecule has 0 unspecified atom stereocenters. The van der Waals surface area contributed by atoms with Gasteiger partial charge < -0.3 is 5.32 Å². The highest BCUT2D eigenvalue weighted by Crippen LogP contribution is 2.40. The second-order valence-corrected chi connectivity index (χ2v) is 11.9. The summed E-state index contributed by atoms with van der Waals surface area (Å²) in [7, 11) is 0. The molecule has 5 rings (SSSR count). The molecule has 13 heteroatoms. The minimum Gasteiger partial charge on any atom is -0.351 e. The third-order valence-electron chi connectivity index (χ3n) is 8.15. The fourth-order valence-corrected chi connectivity index (χ4v) is 6.05. The van der Waals surface area contributed by atoms with Crippen molar-refractivity contribution >= 4 is 53.1 Å². The van der Waals surface area contributed by atoms with Gasteiger partial charge in [0.1, 0.15) is 23.7 Å². The molecule has 0 radical (unpaired) electrons. The van der Waals surface area contributed by atoms with Gasteiger partial charge in [0.25, 0.3) is 11.8 Å². The lowest BCUT2D eigenvalue weighted by Crippen LogP contribution is -2.56. The maximum Gasteiger partial charge on any atom is 0.252 e. The number of allylic oxidation sites excluding steroid dienone is 3. The van der Waals surface area contributed by atoms with Crippen LogP contribution in [0.4, 0.5) is 24.7 Å². The van der Waals surface area contributed by atoms with Crippen molar-refractivity contribution in [3.63, 3.8) is 0 Å². The third kappa shape index (κ3) is 7.31. The van der Waals surface area contributed by atoms with Gasteiger partial charge in [0.15, 0.2) is 0 Å². The number of halogens is 4. The first-order valence-corrected chi connectivity index (χ1v) is 15.3. The van der Waals surface area contributed by atoms with Crippen LogP contribution in [0.3, 0.4) is 0 Å². The molecule has 0 bridgehead atoms. The lowest BCUT2D eigenvalue weighted by Gasteiger charge is -2.39. The van der Waals surface area contributed by atoms with Gasteiger partial charge in [0.05, 0.1) is 11.6 Å². The largest absolute Gasteiger partial charge is 0.351 e. The van der Waals surface area contributed by atoms with Crippen molar-refractivity contribution in [3.05, 3.63) is 107 Å². The fourth-order valence-electron chi connectivity index (χ4n) is 5.81. The minimum absolute atomic E-state index is 0.0127. The lowest BCUT2D eigenvalue weighted by molar-refractivity contribution is -0.133. The predicted molar refractivity (Wildman–Crippen MR) is 176 cm³/mol. The summed E-state index contributed by atoms with van der Waals surface area (Å²) in [5.41, 5.74) is 1.23. The van der Waals surface area contributed by atoms with Crippen LogP contribution in [0.1, 0.15) is 55.3 Å². The van der Waals surface area contributed by atoms with E-state index in [9.17, 15) is 28.4 Å². The second-order valence-electron chi connectivity index (χ2n) is 11.5. The Hall–Kier alpha value is -5.28. The number of nitriles is 1. The highest BCUT2D eigenvalue weighted by Gasteiger charge is 2.48. The Morgan fingerprint density at radius 3 is 2.67 bits per heavy atom. The summed E-state index contributed by atoms with van der Waals surface area (Å²) in [5, 5.41) is 12.2. The van der Waals surface area contributed by atoms with Crippen LogP contribution in [-0.2, 0) is 14.4 Å². The first-order valence-electron chi connectivity index (χ1n) is 15.0. The van der Waals surface area contributed by atoms with Gasteiger partial charge in [-0.25, -0.2) is 18.2 Å². The van der Waals surface area contributed by atoms with E-state index >= 15 is 4.39 Å². The van der Waals surface area contributed by atoms with E-state index in [0.717, 1.165) is 15.9 Å². The van der Waals surface area contributed by atoms with Crippen molar-refractivity contribution in [1.29, 1.82) is 5.26 Å². The number of rotatable bonds is 10. The molecule has 1 N–H and O–H groups in total. The minimum atomic E-state index is -2.94. The van der Waals surface area contributed by atoms with Crippen molar-refractivity contribution in [2.75, 3.05) is 9.80 Å². The molecule has 246 valence electrons. The average molecular weight is 675 g/mol. The molecule has 3 aromatic rings. The van der Waals surface area contributed by atoms with Gasteiger partial charge >= 0.3 is 0 Å². The van der Waals surface area contributed by atoms with Gasteiger partial charge in [-0.05, 0) is 73.7 Å². The first-order chi connectivity index (χ1) is 22.9. The lowest BCUT2D eigenvalue weighted by atomic mass is 9.87. The summed E-state index contributed by atoms with van der Waals surface area (Å²) < 4.78 is 43.0. The Kier molecular flexibility index (Phi) is 10.1. The molecule has 2 fully saturated rings.